The Bertz CT molecular complexity index is 1860. The van der Waals surface area contributed by atoms with E-state index in [1.807, 2.05) is 0 Å². The lowest BCUT2D eigenvalue weighted by molar-refractivity contribution is -0.386. The predicted molar refractivity (Wildman–Crippen MR) is 139 cm³/mol. The summed E-state index contributed by atoms with van der Waals surface area (Å²) in [7, 11) is 0. The van der Waals surface area contributed by atoms with E-state index in [2.05, 4.69) is 5.10 Å². The van der Waals surface area contributed by atoms with Crippen molar-refractivity contribution in [2.24, 2.45) is 0 Å². The largest absolute Gasteiger partial charge is 0.358 e. The summed E-state index contributed by atoms with van der Waals surface area (Å²) < 4.78 is 46.0. The molecule has 0 radical (unpaired) electrons. The van der Waals surface area contributed by atoms with Crippen molar-refractivity contribution in [2.45, 2.75) is 19.6 Å². The van der Waals surface area contributed by atoms with E-state index in [0.717, 1.165) is 16.7 Å². The van der Waals surface area contributed by atoms with Crippen molar-refractivity contribution in [1.29, 1.82) is 0 Å². The molecule has 9 nitrogen and oxygen atoms in total. The molecule has 2 heterocycles. The smallest absolute Gasteiger partial charge is 0.282 e. The Morgan fingerprint density at radius 2 is 1.20 bits per heavy atom. The van der Waals surface area contributed by atoms with E-state index in [1.54, 1.807) is 6.07 Å². The number of aromatic nitrogens is 4. The summed E-state index contributed by atoms with van der Waals surface area (Å²) in [6, 6.07) is 16.9. The summed E-state index contributed by atoms with van der Waals surface area (Å²) in [4.78, 5) is 38.4. The third-order valence-electron chi connectivity index (χ3n) is 6.36. The highest BCUT2D eigenvalue weighted by Crippen LogP contribution is 2.27. The number of rotatable bonds is 8. The fraction of sp³-hybridized carbons (Fsp3) is 0.107. The summed E-state index contributed by atoms with van der Waals surface area (Å²) in [5.74, 6) is -1.88. The molecule has 5 rings (SSSR count). The van der Waals surface area contributed by atoms with Gasteiger partial charge in [-0.1, -0.05) is 54.6 Å². The molecule has 0 aliphatic carbocycles. The molecule has 2 aromatic heterocycles. The first kappa shape index (κ1) is 26.4. The molecule has 0 bridgehead atoms. The van der Waals surface area contributed by atoms with Gasteiger partial charge < -0.3 is 0 Å². The van der Waals surface area contributed by atoms with Crippen LogP contribution in [0.5, 0.6) is 0 Å². The van der Waals surface area contributed by atoms with Gasteiger partial charge in [0.2, 0.25) is 0 Å². The van der Waals surface area contributed by atoms with E-state index >= 15 is 0 Å². The van der Waals surface area contributed by atoms with Gasteiger partial charge in [-0.2, -0.15) is 5.10 Å². The Balaban J connectivity index is 1.72. The first-order chi connectivity index (χ1) is 19.2. The van der Waals surface area contributed by atoms with E-state index in [9.17, 15) is 32.9 Å². The molecule has 202 valence electrons. The van der Waals surface area contributed by atoms with Gasteiger partial charge >= 0.3 is 16.9 Å². The zero-order chi connectivity index (χ0) is 28.4. The molecule has 0 N–H and O–H groups in total. The number of hydrogen-bond donors (Lipinski definition) is 0. The van der Waals surface area contributed by atoms with E-state index in [1.165, 1.54) is 71.7 Å². The quantitative estimate of drug-likeness (QED) is 0.212. The summed E-state index contributed by atoms with van der Waals surface area (Å²) in [5.41, 5.74) is -3.39. The van der Waals surface area contributed by atoms with Crippen LogP contribution < -0.4 is 11.2 Å². The zero-order valence-corrected chi connectivity index (χ0v) is 20.7. The Hall–Kier alpha value is -5.26. The molecule has 40 heavy (non-hydrogen) atoms. The van der Waals surface area contributed by atoms with Crippen molar-refractivity contribution in [1.82, 2.24) is 18.9 Å². The molecular weight excluding hydrogens is 527 g/mol. The Kier molecular flexibility index (Phi) is 7.15. The average Bonchev–Trinajstić information content (AvgIpc) is 3.39. The molecule has 0 saturated heterocycles. The van der Waals surface area contributed by atoms with Gasteiger partial charge in [0.15, 0.2) is 0 Å². The number of halogens is 3. The Labute approximate surface area is 224 Å². The normalized spacial score (nSPS) is 11.1. The van der Waals surface area contributed by atoms with Crippen LogP contribution in [0.1, 0.15) is 16.7 Å². The van der Waals surface area contributed by atoms with Crippen molar-refractivity contribution in [3.05, 3.63) is 150 Å². The van der Waals surface area contributed by atoms with Crippen LogP contribution in [-0.4, -0.2) is 23.8 Å². The van der Waals surface area contributed by atoms with Gasteiger partial charge in [-0.15, -0.1) is 0 Å². The lowest BCUT2D eigenvalue weighted by Crippen LogP contribution is -2.42. The van der Waals surface area contributed by atoms with Crippen LogP contribution in [0.25, 0.3) is 11.3 Å². The van der Waals surface area contributed by atoms with Gasteiger partial charge in [0, 0.05) is 28.5 Å². The highest BCUT2D eigenvalue weighted by molar-refractivity contribution is 5.68. The maximum atomic E-state index is 14.6. The first-order valence-corrected chi connectivity index (χ1v) is 12.0. The zero-order valence-electron chi connectivity index (χ0n) is 20.7. The highest BCUT2D eigenvalue weighted by atomic mass is 19.1. The SMILES string of the molecule is O=c1c([N+](=O)[O-])c(-c2cnn(Cc3ccccc3F)c2)n(Cc2ccccc2F)c(=O)n1Cc1ccccc1F. The number of benzene rings is 3. The molecule has 0 fully saturated rings. The maximum absolute atomic E-state index is 14.6. The number of hydrogen-bond acceptors (Lipinski definition) is 5. The summed E-state index contributed by atoms with van der Waals surface area (Å²) in [5, 5.41) is 16.4. The lowest BCUT2D eigenvalue weighted by atomic mass is 10.1. The minimum Gasteiger partial charge on any atom is -0.282 e. The second-order valence-electron chi connectivity index (χ2n) is 8.92. The lowest BCUT2D eigenvalue weighted by Gasteiger charge is -2.16. The summed E-state index contributed by atoms with van der Waals surface area (Å²) in [6.45, 7) is -1.10. The maximum Gasteiger partial charge on any atom is 0.358 e. The van der Waals surface area contributed by atoms with Crippen molar-refractivity contribution in [2.75, 3.05) is 0 Å². The molecule has 0 aliphatic rings. The molecule has 0 aliphatic heterocycles. The number of nitrogens with zero attached hydrogens (tertiary/aromatic N) is 5. The molecule has 5 aromatic rings. The Morgan fingerprint density at radius 3 is 1.70 bits per heavy atom. The van der Waals surface area contributed by atoms with Gasteiger partial charge in [0.05, 0.1) is 30.8 Å². The Morgan fingerprint density at radius 1 is 0.725 bits per heavy atom. The monoisotopic (exact) mass is 547 g/mol. The third kappa shape index (κ3) is 5.06. The standard InChI is InChI=1S/C28H20F3N5O4/c29-22-10-4-1-7-18(22)14-33-15-21(13-32-33)25-26(36(39)40)27(37)35(17-20-9-3-6-12-24(20)31)28(38)34(25)16-19-8-2-5-11-23(19)30/h1-13,15H,14,16-17H2. The van der Waals surface area contributed by atoms with Crippen LogP contribution in [0.15, 0.2) is 94.8 Å². The molecule has 12 heteroatoms. The van der Waals surface area contributed by atoms with E-state index < -0.39 is 58.1 Å². The number of nitro groups is 1. The second-order valence-corrected chi connectivity index (χ2v) is 8.92. The van der Waals surface area contributed by atoms with Crippen LogP contribution in [0.4, 0.5) is 18.9 Å². The fourth-order valence-electron chi connectivity index (χ4n) is 4.40. The second kappa shape index (κ2) is 10.8. The van der Waals surface area contributed by atoms with Crippen LogP contribution in [0, 0.1) is 27.6 Å². The summed E-state index contributed by atoms with van der Waals surface area (Å²) >= 11 is 0. The van der Waals surface area contributed by atoms with Gasteiger partial charge in [-0.3, -0.25) is 24.2 Å². The molecule has 0 atom stereocenters. The van der Waals surface area contributed by atoms with Crippen LogP contribution in [0.3, 0.4) is 0 Å². The first-order valence-electron chi connectivity index (χ1n) is 12.0. The van der Waals surface area contributed by atoms with Crippen molar-refractivity contribution in [3.63, 3.8) is 0 Å². The van der Waals surface area contributed by atoms with Gasteiger partial charge in [0.25, 0.3) is 0 Å². The predicted octanol–water partition coefficient (Wildman–Crippen LogP) is 4.34. The highest BCUT2D eigenvalue weighted by Gasteiger charge is 2.30. The van der Waals surface area contributed by atoms with E-state index in [4.69, 9.17) is 0 Å². The van der Waals surface area contributed by atoms with Crippen molar-refractivity contribution >= 4 is 5.69 Å². The van der Waals surface area contributed by atoms with Crippen LogP contribution in [-0.2, 0) is 19.6 Å². The fourth-order valence-corrected chi connectivity index (χ4v) is 4.40. The molecule has 3 aromatic carbocycles. The van der Waals surface area contributed by atoms with E-state index in [0.29, 0.717) is 4.57 Å². The van der Waals surface area contributed by atoms with Crippen molar-refractivity contribution in [3.8, 4) is 11.3 Å². The topological polar surface area (TPSA) is 105 Å². The molecule has 0 amide bonds. The molecule has 0 saturated carbocycles. The minimum absolute atomic E-state index is 0.00613. The third-order valence-corrected chi connectivity index (χ3v) is 6.36. The van der Waals surface area contributed by atoms with Crippen LogP contribution in [0.2, 0.25) is 0 Å². The van der Waals surface area contributed by atoms with Gasteiger partial charge in [-0.05, 0) is 18.2 Å². The van der Waals surface area contributed by atoms with Gasteiger partial charge in [-0.25, -0.2) is 22.5 Å². The van der Waals surface area contributed by atoms with Crippen molar-refractivity contribution < 1.29 is 18.1 Å². The van der Waals surface area contributed by atoms with Crippen LogP contribution >= 0.6 is 0 Å². The molecule has 0 spiro atoms. The van der Waals surface area contributed by atoms with E-state index in [-0.39, 0.29) is 28.8 Å². The molecular formula is C28H20F3N5O4. The average molecular weight is 547 g/mol. The summed E-state index contributed by atoms with van der Waals surface area (Å²) in [6.07, 6.45) is 2.52. The van der Waals surface area contributed by atoms with Gasteiger partial charge in [0.1, 0.15) is 23.1 Å². The minimum atomic E-state index is -1.26. The molecule has 0 unspecified atom stereocenters.